The van der Waals surface area contributed by atoms with Crippen LogP contribution in [0, 0.1) is 0 Å². The van der Waals surface area contributed by atoms with Crippen LogP contribution >= 0.6 is 11.8 Å². The Hall–Kier alpha value is -5.11. The smallest absolute Gasteiger partial charge is 0.0122 e. The first-order chi connectivity index (χ1) is 23.2. The Bertz CT molecular complexity index is 1740. The molecular formula is C46H40S. The van der Waals surface area contributed by atoms with Gasteiger partial charge < -0.3 is 0 Å². The molecule has 0 N–H and O–H groups in total. The third-order valence-corrected chi connectivity index (χ3v) is 9.13. The Morgan fingerprint density at radius 1 is 0.213 bits per heavy atom. The van der Waals surface area contributed by atoms with Crippen LogP contribution in [0.5, 0.6) is 0 Å². The van der Waals surface area contributed by atoms with Crippen LogP contribution in [-0.4, -0.2) is 0 Å². The van der Waals surface area contributed by atoms with Crippen LogP contribution in [0.25, 0.3) is 0 Å². The van der Waals surface area contributed by atoms with E-state index in [0.717, 1.165) is 25.7 Å². The molecule has 7 aromatic carbocycles. The first-order valence-corrected chi connectivity index (χ1v) is 17.2. The zero-order valence-corrected chi connectivity index (χ0v) is 27.5. The van der Waals surface area contributed by atoms with Gasteiger partial charge in [-0.2, -0.15) is 0 Å². The van der Waals surface area contributed by atoms with Gasteiger partial charge in [-0.1, -0.05) is 182 Å². The van der Waals surface area contributed by atoms with E-state index < -0.39 is 0 Å². The molecule has 0 aliphatic heterocycles. The number of hydrogen-bond acceptors (Lipinski definition) is 1. The van der Waals surface area contributed by atoms with Crippen molar-refractivity contribution in [3.05, 3.63) is 239 Å². The maximum Gasteiger partial charge on any atom is 0.0122 e. The Morgan fingerprint density at radius 3 is 0.638 bits per heavy atom. The summed E-state index contributed by atoms with van der Waals surface area (Å²) >= 11 is 1.82. The van der Waals surface area contributed by atoms with Crippen molar-refractivity contribution in [3.8, 4) is 0 Å². The molecule has 0 amide bonds. The van der Waals surface area contributed by atoms with Gasteiger partial charge in [-0.3, -0.25) is 0 Å². The molecule has 0 aromatic heterocycles. The van der Waals surface area contributed by atoms with E-state index >= 15 is 0 Å². The lowest BCUT2D eigenvalue weighted by Crippen LogP contribution is -1.91. The lowest BCUT2D eigenvalue weighted by Gasteiger charge is -2.06. The lowest BCUT2D eigenvalue weighted by atomic mass is 10.0. The van der Waals surface area contributed by atoms with Crippen LogP contribution in [0.3, 0.4) is 0 Å². The molecule has 7 rings (SSSR count). The SMILES string of the molecule is c1ccc(Cc2ccc(Cc3ccccc3)cc2)cc1.c1ccc(Cc2ccc(Sc3ccc(Cc4ccccc4)cc3)cc2)cc1. The fourth-order valence-corrected chi connectivity index (χ4v) is 6.40. The first kappa shape index (κ1) is 31.9. The molecule has 0 aliphatic carbocycles. The summed E-state index contributed by atoms with van der Waals surface area (Å²) in [6.45, 7) is 0. The molecule has 0 radical (unpaired) electrons. The van der Waals surface area contributed by atoms with Crippen molar-refractivity contribution < 1.29 is 0 Å². The van der Waals surface area contributed by atoms with E-state index in [1.807, 2.05) is 11.8 Å². The van der Waals surface area contributed by atoms with Crippen molar-refractivity contribution in [3.63, 3.8) is 0 Å². The molecule has 0 saturated carbocycles. The maximum atomic E-state index is 2.24. The van der Waals surface area contributed by atoms with Crippen LogP contribution in [0.4, 0.5) is 0 Å². The van der Waals surface area contributed by atoms with Gasteiger partial charge in [0.2, 0.25) is 0 Å². The predicted molar refractivity (Wildman–Crippen MR) is 200 cm³/mol. The number of benzene rings is 7. The second-order valence-corrected chi connectivity index (χ2v) is 13.0. The molecule has 0 saturated heterocycles. The van der Waals surface area contributed by atoms with Crippen molar-refractivity contribution in [1.29, 1.82) is 0 Å². The van der Waals surface area contributed by atoms with Gasteiger partial charge in [-0.05, 0) is 94.5 Å². The first-order valence-electron chi connectivity index (χ1n) is 16.3. The summed E-state index contributed by atoms with van der Waals surface area (Å²) in [6, 6.07) is 69.3. The predicted octanol–water partition coefficient (Wildman–Crippen LogP) is 11.9. The highest BCUT2D eigenvalue weighted by atomic mass is 32.2. The zero-order chi connectivity index (χ0) is 31.9. The molecular weight excluding hydrogens is 585 g/mol. The normalized spacial score (nSPS) is 10.6. The van der Waals surface area contributed by atoms with Gasteiger partial charge in [0.25, 0.3) is 0 Å². The highest BCUT2D eigenvalue weighted by Crippen LogP contribution is 2.28. The van der Waals surface area contributed by atoms with Crippen LogP contribution in [0.2, 0.25) is 0 Å². The highest BCUT2D eigenvalue weighted by Gasteiger charge is 2.02. The van der Waals surface area contributed by atoms with Crippen LogP contribution in [0.1, 0.15) is 44.5 Å². The van der Waals surface area contributed by atoms with Crippen molar-refractivity contribution in [2.24, 2.45) is 0 Å². The van der Waals surface area contributed by atoms with Crippen molar-refractivity contribution in [1.82, 2.24) is 0 Å². The summed E-state index contributed by atoms with van der Waals surface area (Å²) < 4.78 is 0. The fraction of sp³-hybridized carbons (Fsp3) is 0.0870. The summed E-state index contributed by atoms with van der Waals surface area (Å²) in [7, 11) is 0. The van der Waals surface area contributed by atoms with E-state index in [0.29, 0.717) is 0 Å². The fourth-order valence-electron chi connectivity index (χ4n) is 5.59. The van der Waals surface area contributed by atoms with E-state index in [4.69, 9.17) is 0 Å². The monoisotopic (exact) mass is 624 g/mol. The molecule has 47 heavy (non-hydrogen) atoms. The molecule has 230 valence electrons. The quantitative estimate of drug-likeness (QED) is 0.146. The molecule has 7 aromatic rings. The third kappa shape index (κ3) is 10.5. The van der Waals surface area contributed by atoms with E-state index in [9.17, 15) is 0 Å². The molecule has 0 nitrogen and oxygen atoms in total. The molecule has 0 unspecified atom stereocenters. The average molecular weight is 625 g/mol. The molecule has 0 atom stereocenters. The van der Waals surface area contributed by atoms with Gasteiger partial charge in [-0.15, -0.1) is 0 Å². The summed E-state index contributed by atoms with van der Waals surface area (Å²) in [6.07, 6.45) is 3.98. The van der Waals surface area contributed by atoms with Crippen LogP contribution in [0.15, 0.2) is 204 Å². The van der Waals surface area contributed by atoms with Crippen LogP contribution in [-0.2, 0) is 25.7 Å². The second kappa shape index (κ2) is 17.0. The Morgan fingerprint density at radius 2 is 0.404 bits per heavy atom. The van der Waals surface area contributed by atoms with Gasteiger partial charge >= 0.3 is 0 Å². The lowest BCUT2D eigenvalue weighted by molar-refractivity contribution is 1.15. The molecule has 0 spiro atoms. The highest BCUT2D eigenvalue weighted by molar-refractivity contribution is 7.99. The van der Waals surface area contributed by atoms with Gasteiger partial charge in [-0.25, -0.2) is 0 Å². The minimum atomic E-state index is 0.986. The molecule has 0 aliphatic rings. The van der Waals surface area contributed by atoms with E-state index in [1.54, 1.807) is 0 Å². The largest absolute Gasteiger partial charge is 0.0901 e. The number of rotatable bonds is 10. The average Bonchev–Trinajstić information content (AvgIpc) is 3.13. The molecule has 1 heteroatoms. The summed E-state index contributed by atoms with van der Waals surface area (Å²) in [5.74, 6) is 0. The molecule has 0 heterocycles. The van der Waals surface area contributed by atoms with Gasteiger partial charge in [0, 0.05) is 9.79 Å². The number of hydrogen-bond donors (Lipinski definition) is 0. The summed E-state index contributed by atoms with van der Waals surface area (Å²) in [5, 5.41) is 0. The Balaban J connectivity index is 0.000000172. The van der Waals surface area contributed by atoms with E-state index in [2.05, 4.69) is 194 Å². The second-order valence-electron chi connectivity index (χ2n) is 11.9. The van der Waals surface area contributed by atoms with Gasteiger partial charge in [0.15, 0.2) is 0 Å². The zero-order valence-electron chi connectivity index (χ0n) is 26.7. The summed E-state index contributed by atoms with van der Waals surface area (Å²) in [4.78, 5) is 2.56. The maximum absolute atomic E-state index is 2.24. The van der Waals surface area contributed by atoms with Crippen molar-refractivity contribution >= 4 is 11.8 Å². The van der Waals surface area contributed by atoms with E-state index in [1.165, 1.54) is 54.3 Å². The molecule has 0 bridgehead atoms. The molecule has 0 fully saturated rings. The Labute approximate surface area is 284 Å². The third-order valence-electron chi connectivity index (χ3n) is 8.11. The Kier molecular flexibility index (Phi) is 11.5. The van der Waals surface area contributed by atoms with Gasteiger partial charge in [0.05, 0.1) is 0 Å². The van der Waals surface area contributed by atoms with E-state index in [-0.39, 0.29) is 0 Å². The van der Waals surface area contributed by atoms with Crippen molar-refractivity contribution in [2.75, 3.05) is 0 Å². The van der Waals surface area contributed by atoms with Crippen LogP contribution < -0.4 is 0 Å². The minimum Gasteiger partial charge on any atom is -0.0901 e. The van der Waals surface area contributed by atoms with Gasteiger partial charge in [0.1, 0.15) is 0 Å². The standard InChI is InChI=1S/C26H22S.C20H18/c1-3-7-21(8-4-1)19-23-11-15-25(16-12-23)27-26-17-13-24(14-18-26)20-22-9-5-2-6-10-22;1-3-7-17(8-4-1)15-19-11-13-20(14-12-19)16-18-9-5-2-6-10-18/h1-18H,19-20H2;1-14H,15-16H2. The van der Waals surface area contributed by atoms with Crippen molar-refractivity contribution in [2.45, 2.75) is 35.5 Å². The summed E-state index contributed by atoms with van der Waals surface area (Å²) in [5.41, 5.74) is 10.9. The topological polar surface area (TPSA) is 0 Å². The minimum absolute atomic E-state index is 0.986.